The van der Waals surface area contributed by atoms with E-state index in [1.807, 2.05) is 0 Å². The summed E-state index contributed by atoms with van der Waals surface area (Å²) in [5.74, 6) is 0.0179. The standard InChI is InChI=1S/C19H26N2O5/c1-13(22)20-15-8-9-17(25-2)16(11-15)21-18(23)12-26-19(24)10-7-14-5-3-4-6-14/h8-9,11,14H,3-7,10,12H2,1-2H3,(H,20,22)(H,21,23). The molecule has 0 heterocycles. The molecule has 0 radical (unpaired) electrons. The predicted octanol–water partition coefficient (Wildman–Crippen LogP) is 3.11. The molecular formula is C19H26N2O5. The fourth-order valence-corrected chi connectivity index (χ4v) is 3.11. The van der Waals surface area contributed by atoms with Gasteiger partial charge >= 0.3 is 5.97 Å². The van der Waals surface area contributed by atoms with Gasteiger partial charge in [0, 0.05) is 19.0 Å². The number of carbonyl (C=O) groups excluding carboxylic acids is 3. The predicted molar refractivity (Wildman–Crippen MR) is 98.1 cm³/mol. The van der Waals surface area contributed by atoms with Gasteiger partial charge in [0.05, 0.1) is 12.8 Å². The van der Waals surface area contributed by atoms with E-state index in [2.05, 4.69) is 10.6 Å². The highest BCUT2D eigenvalue weighted by Gasteiger charge is 2.17. The van der Waals surface area contributed by atoms with Crippen molar-refractivity contribution in [2.24, 2.45) is 5.92 Å². The topological polar surface area (TPSA) is 93.7 Å². The van der Waals surface area contributed by atoms with Gasteiger partial charge in [-0.05, 0) is 30.5 Å². The number of carbonyl (C=O) groups is 3. The zero-order valence-electron chi connectivity index (χ0n) is 15.3. The number of methoxy groups -OCH3 is 1. The lowest BCUT2D eigenvalue weighted by atomic mass is 10.0. The molecule has 0 atom stereocenters. The van der Waals surface area contributed by atoms with E-state index in [1.54, 1.807) is 18.2 Å². The average Bonchev–Trinajstić information content (AvgIpc) is 3.11. The highest BCUT2D eigenvalue weighted by Crippen LogP contribution is 2.29. The number of hydrogen-bond donors (Lipinski definition) is 2. The second kappa shape index (κ2) is 9.79. The van der Waals surface area contributed by atoms with Crippen molar-refractivity contribution in [3.63, 3.8) is 0 Å². The summed E-state index contributed by atoms with van der Waals surface area (Å²) in [7, 11) is 1.48. The van der Waals surface area contributed by atoms with E-state index in [-0.39, 0.29) is 18.5 Å². The van der Waals surface area contributed by atoms with Crippen LogP contribution in [0.15, 0.2) is 18.2 Å². The summed E-state index contributed by atoms with van der Waals surface area (Å²) < 4.78 is 10.2. The van der Waals surface area contributed by atoms with Gasteiger partial charge < -0.3 is 20.1 Å². The molecular weight excluding hydrogens is 336 g/mol. The van der Waals surface area contributed by atoms with Crippen LogP contribution in [-0.4, -0.2) is 31.5 Å². The van der Waals surface area contributed by atoms with Gasteiger partial charge in [0.25, 0.3) is 5.91 Å². The molecule has 0 unspecified atom stereocenters. The quantitative estimate of drug-likeness (QED) is 0.693. The van der Waals surface area contributed by atoms with Crippen LogP contribution in [0.1, 0.15) is 45.4 Å². The van der Waals surface area contributed by atoms with Crippen LogP contribution in [0.25, 0.3) is 0 Å². The van der Waals surface area contributed by atoms with Crippen molar-refractivity contribution in [3.8, 4) is 5.75 Å². The minimum absolute atomic E-state index is 0.219. The number of anilines is 2. The van der Waals surface area contributed by atoms with Crippen molar-refractivity contribution in [1.82, 2.24) is 0 Å². The first-order valence-corrected chi connectivity index (χ1v) is 8.89. The monoisotopic (exact) mass is 362 g/mol. The number of ether oxygens (including phenoxy) is 2. The van der Waals surface area contributed by atoms with E-state index in [0.717, 1.165) is 6.42 Å². The number of rotatable bonds is 8. The largest absolute Gasteiger partial charge is 0.495 e. The molecule has 2 N–H and O–H groups in total. The molecule has 0 spiro atoms. The summed E-state index contributed by atoms with van der Waals surface area (Å²) in [4.78, 5) is 35.0. The SMILES string of the molecule is COc1ccc(NC(C)=O)cc1NC(=O)COC(=O)CCC1CCCC1. The lowest BCUT2D eigenvalue weighted by Crippen LogP contribution is -2.21. The average molecular weight is 362 g/mol. The van der Waals surface area contributed by atoms with Crippen molar-refractivity contribution >= 4 is 29.2 Å². The van der Waals surface area contributed by atoms with Crippen LogP contribution in [-0.2, 0) is 19.1 Å². The molecule has 1 aliphatic rings. The van der Waals surface area contributed by atoms with Crippen molar-refractivity contribution in [3.05, 3.63) is 18.2 Å². The Kier molecular flexibility index (Phi) is 7.44. The van der Waals surface area contributed by atoms with Crippen LogP contribution in [0, 0.1) is 5.92 Å². The molecule has 0 bridgehead atoms. The van der Waals surface area contributed by atoms with Crippen LogP contribution in [0.3, 0.4) is 0 Å². The molecule has 1 fully saturated rings. The van der Waals surface area contributed by atoms with Gasteiger partial charge in [-0.3, -0.25) is 14.4 Å². The van der Waals surface area contributed by atoms with E-state index in [9.17, 15) is 14.4 Å². The third kappa shape index (κ3) is 6.38. The second-order valence-electron chi connectivity index (χ2n) is 6.49. The Morgan fingerprint density at radius 1 is 1.15 bits per heavy atom. The maximum atomic E-state index is 12.0. The van der Waals surface area contributed by atoms with Crippen LogP contribution in [0.2, 0.25) is 0 Å². The van der Waals surface area contributed by atoms with Crippen molar-refractivity contribution in [1.29, 1.82) is 0 Å². The third-order valence-electron chi connectivity index (χ3n) is 4.39. The Balaban J connectivity index is 1.82. The Hall–Kier alpha value is -2.57. The fraction of sp³-hybridized carbons (Fsp3) is 0.526. The summed E-state index contributed by atoms with van der Waals surface area (Å²) in [6.45, 7) is 1.05. The molecule has 0 aromatic heterocycles. The molecule has 1 saturated carbocycles. The van der Waals surface area contributed by atoms with E-state index >= 15 is 0 Å². The minimum atomic E-state index is -0.461. The van der Waals surface area contributed by atoms with E-state index < -0.39 is 5.91 Å². The molecule has 26 heavy (non-hydrogen) atoms. The number of esters is 1. The van der Waals surface area contributed by atoms with E-state index in [1.165, 1.54) is 39.7 Å². The van der Waals surface area contributed by atoms with Gasteiger partial charge in [0.15, 0.2) is 6.61 Å². The summed E-state index contributed by atoms with van der Waals surface area (Å²) >= 11 is 0. The number of amides is 2. The van der Waals surface area contributed by atoms with Crippen LogP contribution in [0.4, 0.5) is 11.4 Å². The normalized spacial score (nSPS) is 13.9. The summed E-state index contributed by atoms with van der Waals surface area (Å²) in [6.07, 6.45) is 6.01. The highest BCUT2D eigenvalue weighted by atomic mass is 16.5. The molecule has 0 saturated heterocycles. The van der Waals surface area contributed by atoms with Crippen molar-refractivity contribution < 1.29 is 23.9 Å². The third-order valence-corrected chi connectivity index (χ3v) is 4.39. The first kappa shape index (κ1) is 19.8. The summed E-state index contributed by atoms with van der Waals surface area (Å²) in [5, 5.41) is 5.27. The lowest BCUT2D eigenvalue weighted by molar-refractivity contribution is -0.147. The molecule has 142 valence electrons. The number of hydrogen-bond acceptors (Lipinski definition) is 5. The molecule has 1 aliphatic carbocycles. The molecule has 2 rings (SSSR count). The van der Waals surface area contributed by atoms with E-state index in [0.29, 0.717) is 29.5 Å². The smallest absolute Gasteiger partial charge is 0.306 e. The van der Waals surface area contributed by atoms with Crippen molar-refractivity contribution in [2.45, 2.75) is 45.4 Å². The summed E-state index contributed by atoms with van der Waals surface area (Å²) in [5.41, 5.74) is 0.924. The van der Waals surface area contributed by atoms with Gasteiger partial charge in [-0.15, -0.1) is 0 Å². The molecule has 7 heteroatoms. The van der Waals surface area contributed by atoms with E-state index in [4.69, 9.17) is 9.47 Å². The summed E-state index contributed by atoms with van der Waals surface area (Å²) in [6, 6.07) is 4.88. The van der Waals surface area contributed by atoms with Crippen LogP contribution in [0.5, 0.6) is 5.75 Å². The van der Waals surface area contributed by atoms with Crippen molar-refractivity contribution in [2.75, 3.05) is 24.4 Å². The Labute approximate surface area is 153 Å². The van der Waals surface area contributed by atoms with Gasteiger partial charge in [0.1, 0.15) is 5.75 Å². The first-order valence-electron chi connectivity index (χ1n) is 8.89. The first-order chi connectivity index (χ1) is 12.5. The highest BCUT2D eigenvalue weighted by molar-refractivity contribution is 5.96. The van der Waals surface area contributed by atoms with Gasteiger partial charge in [-0.2, -0.15) is 0 Å². The van der Waals surface area contributed by atoms with Gasteiger partial charge in [-0.1, -0.05) is 25.7 Å². The number of nitrogens with one attached hydrogen (secondary N) is 2. The van der Waals surface area contributed by atoms with Gasteiger partial charge in [0.2, 0.25) is 5.91 Å². The molecule has 1 aromatic rings. The van der Waals surface area contributed by atoms with Crippen LogP contribution < -0.4 is 15.4 Å². The Morgan fingerprint density at radius 3 is 2.54 bits per heavy atom. The minimum Gasteiger partial charge on any atom is -0.495 e. The Bertz CT molecular complexity index is 653. The molecule has 7 nitrogen and oxygen atoms in total. The molecule has 0 aliphatic heterocycles. The zero-order chi connectivity index (χ0) is 18.9. The van der Waals surface area contributed by atoms with Gasteiger partial charge in [-0.25, -0.2) is 0 Å². The zero-order valence-corrected chi connectivity index (χ0v) is 15.3. The lowest BCUT2D eigenvalue weighted by Gasteiger charge is -2.13. The second-order valence-corrected chi connectivity index (χ2v) is 6.49. The fourth-order valence-electron chi connectivity index (χ4n) is 3.11. The maximum absolute atomic E-state index is 12.0. The maximum Gasteiger partial charge on any atom is 0.306 e. The molecule has 2 amide bonds. The van der Waals surface area contributed by atoms with Crippen LogP contribution >= 0.6 is 0 Å². The molecule has 1 aromatic carbocycles. The number of benzene rings is 1. The Morgan fingerprint density at radius 2 is 1.88 bits per heavy atom.